The quantitative estimate of drug-likeness (QED) is 0.501. The van der Waals surface area contributed by atoms with Crippen molar-refractivity contribution in [3.05, 3.63) is 15.5 Å². The second-order valence-electron chi connectivity index (χ2n) is 1.54. The molecule has 5 heteroatoms. The molecule has 0 aliphatic heterocycles. The average Bonchev–Trinajstić information content (AvgIpc) is 1.59. The molecule has 0 atom stereocenters. The molecule has 1 aromatic heterocycles. The summed E-state index contributed by atoms with van der Waals surface area (Å²) in [4.78, 5) is 5.39. The molecule has 1 rings (SSSR count). The SMILES string of the molecule is Nc1cc(=S)[nH]c(=S)[nH]1. The molecule has 48 valence electrons. The van der Waals surface area contributed by atoms with E-state index in [2.05, 4.69) is 9.97 Å². The van der Waals surface area contributed by atoms with Crippen molar-refractivity contribution in [2.24, 2.45) is 0 Å². The van der Waals surface area contributed by atoms with Crippen molar-refractivity contribution in [2.75, 3.05) is 5.73 Å². The van der Waals surface area contributed by atoms with Gasteiger partial charge in [0.2, 0.25) is 0 Å². The zero-order chi connectivity index (χ0) is 6.85. The highest BCUT2D eigenvalue weighted by molar-refractivity contribution is 7.72. The maximum absolute atomic E-state index is 5.35. The lowest BCUT2D eigenvalue weighted by atomic mass is 10.6. The minimum Gasteiger partial charge on any atom is -0.385 e. The predicted octanol–water partition coefficient (Wildman–Crippen LogP) is 1.38. The lowest BCUT2D eigenvalue weighted by molar-refractivity contribution is 1.13. The van der Waals surface area contributed by atoms with E-state index < -0.39 is 0 Å². The fourth-order valence-corrected chi connectivity index (χ4v) is 1.01. The molecule has 0 radical (unpaired) electrons. The van der Waals surface area contributed by atoms with Crippen molar-refractivity contribution in [3.63, 3.8) is 0 Å². The number of nitrogen functional groups attached to an aromatic ring is 1. The molecule has 4 N–H and O–H groups in total. The van der Waals surface area contributed by atoms with E-state index in [1.54, 1.807) is 6.07 Å². The lowest BCUT2D eigenvalue weighted by Gasteiger charge is -1.89. The van der Waals surface area contributed by atoms with Crippen LogP contribution in [0.3, 0.4) is 0 Å². The normalized spacial score (nSPS) is 9.33. The predicted molar refractivity (Wildman–Crippen MR) is 41.2 cm³/mol. The van der Waals surface area contributed by atoms with Crippen molar-refractivity contribution in [1.82, 2.24) is 9.97 Å². The third-order valence-corrected chi connectivity index (χ3v) is 1.21. The van der Waals surface area contributed by atoms with Crippen molar-refractivity contribution in [3.8, 4) is 0 Å². The number of aromatic amines is 2. The van der Waals surface area contributed by atoms with Crippen molar-refractivity contribution >= 4 is 30.3 Å². The largest absolute Gasteiger partial charge is 0.385 e. The molecule has 0 fully saturated rings. The molecule has 1 heterocycles. The zero-order valence-electron chi connectivity index (χ0n) is 4.47. The van der Waals surface area contributed by atoms with Gasteiger partial charge >= 0.3 is 0 Å². The molecule has 0 unspecified atom stereocenters. The number of H-pyrrole nitrogens is 2. The molecule has 3 nitrogen and oxygen atoms in total. The van der Waals surface area contributed by atoms with E-state index in [9.17, 15) is 0 Å². The summed E-state index contributed by atoms with van der Waals surface area (Å²) >= 11 is 9.49. The number of nitrogens with two attached hydrogens (primary N) is 1. The molecule has 0 aliphatic rings. The van der Waals surface area contributed by atoms with Crippen LogP contribution >= 0.6 is 24.4 Å². The molecule has 0 saturated heterocycles. The van der Waals surface area contributed by atoms with Crippen LogP contribution in [-0.4, -0.2) is 9.97 Å². The molecular weight excluding hydrogens is 154 g/mol. The summed E-state index contributed by atoms with van der Waals surface area (Å²) in [6.45, 7) is 0. The second-order valence-corrected chi connectivity index (χ2v) is 2.39. The summed E-state index contributed by atoms with van der Waals surface area (Å²) in [5.41, 5.74) is 5.35. The number of rotatable bonds is 0. The maximum Gasteiger partial charge on any atom is 0.176 e. The van der Waals surface area contributed by atoms with E-state index in [4.69, 9.17) is 30.2 Å². The molecule has 0 aliphatic carbocycles. The summed E-state index contributed by atoms with van der Waals surface area (Å²) in [7, 11) is 0. The Bertz CT molecular complexity index is 282. The fraction of sp³-hybridized carbons (Fsp3) is 0. The van der Waals surface area contributed by atoms with E-state index in [1.165, 1.54) is 0 Å². The Morgan fingerprint density at radius 3 is 2.44 bits per heavy atom. The van der Waals surface area contributed by atoms with Gasteiger partial charge in [0, 0.05) is 6.07 Å². The first-order chi connectivity index (χ1) is 4.18. The topological polar surface area (TPSA) is 57.6 Å². The molecule has 1 aromatic rings. The lowest BCUT2D eigenvalue weighted by Crippen LogP contribution is -1.91. The summed E-state index contributed by atoms with van der Waals surface area (Å²) in [6.07, 6.45) is 0. The molecule has 9 heavy (non-hydrogen) atoms. The van der Waals surface area contributed by atoms with Gasteiger partial charge in [-0.05, 0) is 12.2 Å². The van der Waals surface area contributed by atoms with Gasteiger partial charge in [-0.25, -0.2) is 0 Å². The van der Waals surface area contributed by atoms with Crippen LogP contribution in [0.1, 0.15) is 0 Å². The number of hydrogen-bond donors (Lipinski definition) is 3. The Morgan fingerprint density at radius 1 is 1.33 bits per heavy atom. The summed E-state index contributed by atoms with van der Waals surface area (Å²) in [5.74, 6) is 0.490. The van der Waals surface area contributed by atoms with Crippen LogP contribution in [0.25, 0.3) is 0 Å². The summed E-state index contributed by atoms with van der Waals surface area (Å²) in [6, 6.07) is 1.60. The average molecular weight is 159 g/mol. The Morgan fingerprint density at radius 2 is 2.00 bits per heavy atom. The van der Waals surface area contributed by atoms with Crippen LogP contribution in [0.15, 0.2) is 6.07 Å². The summed E-state index contributed by atoms with van der Waals surface area (Å²) in [5, 5.41) is 0. The molecule has 0 saturated carbocycles. The third-order valence-electron chi connectivity index (χ3n) is 0.781. The number of nitrogens with one attached hydrogen (secondary N) is 2. The molecule has 0 aromatic carbocycles. The van der Waals surface area contributed by atoms with E-state index in [-0.39, 0.29) is 0 Å². The molecule has 0 bridgehead atoms. The van der Waals surface area contributed by atoms with E-state index in [1.807, 2.05) is 0 Å². The van der Waals surface area contributed by atoms with Gasteiger partial charge in [0.1, 0.15) is 10.5 Å². The van der Waals surface area contributed by atoms with Gasteiger partial charge in [0.05, 0.1) is 0 Å². The van der Waals surface area contributed by atoms with Gasteiger partial charge in [-0.3, -0.25) is 0 Å². The van der Waals surface area contributed by atoms with Crippen LogP contribution in [0.2, 0.25) is 0 Å². The monoisotopic (exact) mass is 159 g/mol. The van der Waals surface area contributed by atoms with Crippen LogP contribution in [-0.2, 0) is 0 Å². The molecular formula is C4H5N3S2. The van der Waals surface area contributed by atoms with Crippen LogP contribution < -0.4 is 5.73 Å². The van der Waals surface area contributed by atoms with Crippen LogP contribution in [0, 0.1) is 9.41 Å². The first-order valence-electron chi connectivity index (χ1n) is 2.27. The van der Waals surface area contributed by atoms with Crippen LogP contribution in [0.4, 0.5) is 5.82 Å². The van der Waals surface area contributed by atoms with Gasteiger partial charge in [0.15, 0.2) is 4.77 Å². The molecule has 0 amide bonds. The minimum absolute atomic E-state index is 0.458. The fourth-order valence-electron chi connectivity index (χ4n) is 0.488. The van der Waals surface area contributed by atoms with Gasteiger partial charge in [-0.2, -0.15) is 0 Å². The van der Waals surface area contributed by atoms with Crippen LogP contribution in [0.5, 0.6) is 0 Å². The highest BCUT2D eigenvalue weighted by atomic mass is 32.1. The minimum atomic E-state index is 0.458. The number of anilines is 1. The maximum atomic E-state index is 5.35. The van der Waals surface area contributed by atoms with Crippen molar-refractivity contribution in [2.45, 2.75) is 0 Å². The van der Waals surface area contributed by atoms with E-state index >= 15 is 0 Å². The van der Waals surface area contributed by atoms with E-state index in [0.717, 1.165) is 0 Å². The zero-order valence-corrected chi connectivity index (χ0v) is 6.10. The first kappa shape index (κ1) is 6.44. The smallest absolute Gasteiger partial charge is 0.176 e. The Labute approximate surface area is 61.9 Å². The summed E-state index contributed by atoms with van der Waals surface area (Å²) < 4.78 is 1.01. The third kappa shape index (κ3) is 1.62. The number of aromatic nitrogens is 2. The first-order valence-corrected chi connectivity index (χ1v) is 3.09. The van der Waals surface area contributed by atoms with Gasteiger partial charge < -0.3 is 15.7 Å². The standard InChI is InChI=1S/C4H5N3S2/c5-2-1-3(8)7-4(9)6-2/h1H,(H4,5,6,7,8,9). The highest BCUT2D eigenvalue weighted by Crippen LogP contribution is 1.93. The Kier molecular flexibility index (Phi) is 1.63. The number of hydrogen-bond acceptors (Lipinski definition) is 3. The Balaban J connectivity index is 3.52. The molecule has 0 spiro atoms. The van der Waals surface area contributed by atoms with Gasteiger partial charge in [0.25, 0.3) is 0 Å². The second kappa shape index (κ2) is 2.28. The van der Waals surface area contributed by atoms with Crippen molar-refractivity contribution in [1.29, 1.82) is 0 Å². The van der Waals surface area contributed by atoms with Crippen molar-refractivity contribution < 1.29 is 0 Å². The Hall–Kier alpha value is -0.680. The van der Waals surface area contributed by atoms with Gasteiger partial charge in [-0.1, -0.05) is 12.2 Å². The van der Waals surface area contributed by atoms with E-state index in [0.29, 0.717) is 15.2 Å². The highest BCUT2D eigenvalue weighted by Gasteiger charge is 1.81. The van der Waals surface area contributed by atoms with Gasteiger partial charge in [-0.15, -0.1) is 0 Å².